The lowest BCUT2D eigenvalue weighted by molar-refractivity contribution is 0.345. The summed E-state index contributed by atoms with van der Waals surface area (Å²) in [6.45, 7) is 2.94. The van der Waals surface area contributed by atoms with Gasteiger partial charge in [0, 0.05) is 33.5 Å². The Balaban J connectivity index is 0.00000110. The predicted molar refractivity (Wildman–Crippen MR) is 92.9 cm³/mol. The number of anilines is 1. The van der Waals surface area contributed by atoms with Gasteiger partial charge in [-0.3, -0.25) is 0 Å². The van der Waals surface area contributed by atoms with Gasteiger partial charge in [-0.05, 0) is 31.9 Å². The van der Waals surface area contributed by atoms with Gasteiger partial charge in [0.05, 0.1) is 6.54 Å². The highest BCUT2D eigenvalue weighted by Gasteiger charge is 2.28. The number of nitrogens with one attached hydrogen (secondary N) is 1. The molecule has 0 bridgehead atoms. The molecule has 1 saturated carbocycles. The Morgan fingerprint density at radius 2 is 2.05 bits per heavy atom. The largest absolute Gasteiger partial charge is 0.365 e. The molecule has 0 atom stereocenters. The van der Waals surface area contributed by atoms with Crippen LogP contribution in [-0.2, 0) is 6.54 Å². The van der Waals surface area contributed by atoms with Gasteiger partial charge in [0.1, 0.15) is 12.1 Å². The summed E-state index contributed by atoms with van der Waals surface area (Å²) in [4.78, 5) is 11.3. The smallest absolute Gasteiger partial charge is 0.129 e. The minimum atomic E-state index is 0. The van der Waals surface area contributed by atoms with Crippen molar-refractivity contribution < 1.29 is 0 Å². The quantitative estimate of drug-likeness (QED) is 0.888. The number of hydrogen-bond donors (Lipinski definition) is 2. The first-order valence-electron chi connectivity index (χ1n) is 6.57. The zero-order valence-electron chi connectivity index (χ0n) is 11.8. The summed E-state index contributed by atoms with van der Waals surface area (Å²) in [6.07, 6.45) is 3.72. The van der Waals surface area contributed by atoms with E-state index < -0.39 is 0 Å². The van der Waals surface area contributed by atoms with E-state index >= 15 is 0 Å². The van der Waals surface area contributed by atoms with Gasteiger partial charge >= 0.3 is 0 Å². The van der Waals surface area contributed by atoms with Crippen LogP contribution in [0, 0.1) is 6.92 Å². The van der Waals surface area contributed by atoms with E-state index in [-0.39, 0.29) is 24.8 Å². The number of thiophene rings is 1. The van der Waals surface area contributed by atoms with Gasteiger partial charge in [0.2, 0.25) is 0 Å². The van der Waals surface area contributed by atoms with Crippen LogP contribution < -0.4 is 11.1 Å². The van der Waals surface area contributed by atoms with Gasteiger partial charge in [0.25, 0.3) is 0 Å². The van der Waals surface area contributed by atoms with Crippen LogP contribution in [0.5, 0.6) is 0 Å². The standard InChI is InChI=1S/C14H18N4S.2ClH/c1-9-2-3-12(19-9)7-16-14-6-13(17-8-18-14)10-4-11(15)5-10;;/h2-3,6,8,10-11H,4-5,7,15H2,1H3,(H,16,17,18);2*1H. The molecule has 116 valence electrons. The van der Waals surface area contributed by atoms with Crippen molar-refractivity contribution in [3.8, 4) is 0 Å². The summed E-state index contributed by atoms with van der Waals surface area (Å²) in [6, 6.07) is 6.70. The van der Waals surface area contributed by atoms with Crippen LogP contribution in [0.25, 0.3) is 0 Å². The van der Waals surface area contributed by atoms with E-state index in [4.69, 9.17) is 5.73 Å². The highest BCUT2D eigenvalue weighted by molar-refractivity contribution is 7.11. The van der Waals surface area contributed by atoms with Gasteiger partial charge in [-0.1, -0.05) is 0 Å². The van der Waals surface area contributed by atoms with Crippen molar-refractivity contribution in [2.24, 2.45) is 5.73 Å². The molecule has 0 amide bonds. The Hall–Kier alpha value is -0.880. The fraction of sp³-hybridized carbons (Fsp3) is 0.429. The molecular weight excluding hydrogens is 327 g/mol. The van der Waals surface area contributed by atoms with Gasteiger partial charge in [-0.2, -0.15) is 0 Å². The van der Waals surface area contributed by atoms with E-state index in [2.05, 4.69) is 40.4 Å². The first-order valence-corrected chi connectivity index (χ1v) is 7.39. The third-order valence-electron chi connectivity index (χ3n) is 3.52. The molecule has 1 fully saturated rings. The van der Waals surface area contributed by atoms with Crippen molar-refractivity contribution >= 4 is 42.0 Å². The zero-order chi connectivity index (χ0) is 13.2. The molecule has 3 rings (SSSR count). The van der Waals surface area contributed by atoms with Crippen LogP contribution in [0.4, 0.5) is 5.82 Å². The Bertz CT molecular complexity index is 570. The molecule has 1 aliphatic rings. The Morgan fingerprint density at radius 3 is 2.67 bits per heavy atom. The molecule has 2 heterocycles. The van der Waals surface area contributed by atoms with Crippen LogP contribution in [0.1, 0.15) is 34.2 Å². The van der Waals surface area contributed by atoms with Crippen LogP contribution in [0.3, 0.4) is 0 Å². The molecule has 0 aromatic carbocycles. The normalized spacial score (nSPS) is 19.9. The molecule has 0 radical (unpaired) electrons. The van der Waals surface area contributed by atoms with E-state index in [0.29, 0.717) is 12.0 Å². The second-order valence-electron chi connectivity index (χ2n) is 5.12. The number of halogens is 2. The number of aromatic nitrogens is 2. The number of aryl methyl sites for hydroxylation is 1. The Labute approximate surface area is 141 Å². The first kappa shape index (κ1) is 18.2. The van der Waals surface area contributed by atoms with Crippen molar-refractivity contribution in [2.45, 2.75) is 38.3 Å². The Kier molecular flexibility index (Phi) is 6.87. The summed E-state index contributed by atoms with van der Waals surface area (Å²) >= 11 is 1.81. The molecule has 3 N–H and O–H groups in total. The fourth-order valence-corrected chi connectivity index (χ4v) is 3.18. The molecule has 0 aliphatic heterocycles. The zero-order valence-corrected chi connectivity index (χ0v) is 14.2. The Morgan fingerprint density at radius 1 is 1.29 bits per heavy atom. The summed E-state index contributed by atoms with van der Waals surface area (Å²) in [5, 5.41) is 3.36. The third kappa shape index (κ3) is 4.54. The van der Waals surface area contributed by atoms with Crippen molar-refractivity contribution in [3.63, 3.8) is 0 Å². The second kappa shape index (κ2) is 7.94. The van der Waals surface area contributed by atoms with Crippen LogP contribution in [0.2, 0.25) is 0 Å². The van der Waals surface area contributed by atoms with Crippen LogP contribution >= 0.6 is 36.2 Å². The molecular formula is C14H20Cl2N4S. The van der Waals surface area contributed by atoms with Gasteiger partial charge in [0.15, 0.2) is 0 Å². The molecule has 21 heavy (non-hydrogen) atoms. The lowest BCUT2D eigenvalue weighted by Crippen LogP contribution is -2.35. The number of rotatable bonds is 4. The van der Waals surface area contributed by atoms with E-state index in [9.17, 15) is 0 Å². The van der Waals surface area contributed by atoms with Gasteiger partial charge in [-0.25, -0.2) is 9.97 Å². The highest BCUT2D eigenvalue weighted by Crippen LogP contribution is 2.34. The highest BCUT2D eigenvalue weighted by atomic mass is 35.5. The van der Waals surface area contributed by atoms with E-state index in [1.165, 1.54) is 9.75 Å². The van der Waals surface area contributed by atoms with E-state index in [0.717, 1.165) is 30.9 Å². The number of nitrogens with zero attached hydrogens (tertiary/aromatic N) is 2. The molecule has 1 aliphatic carbocycles. The molecule has 7 heteroatoms. The average Bonchev–Trinajstić information content (AvgIpc) is 2.79. The molecule has 2 aromatic rings. The predicted octanol–water partition coefficient (Wildman–Crippen LogP) is 3.51. The average molecular weight is 347 g/mol. The van der Waals surface area contributed by atoms with Crippen LogP contribution in [0.15, 0.2) is 24.5 Å². The topological polar surface area (TPSA) is 63.8 Å². The molecule has 4 nitrogen and oxygen atoms in total. The van der Waals surface area contributed by atoms with E-state index in [1.807, 2.05) is 11.3 Å². The molecule has 0 spiro atoms. The van der Waals surface area contributed by atoms with Gasteiger partial charge < -0.3 is 11.1 Å². The molecule has 0 unspecified atom stereocenters. The minimum Gasteiger partial charge on any atom is -0.365 e. The summed E-state index contributed by atoms with van der Waals surface area (Å²) in [5.74, 6) is 1.42. The van der Waals surface area contributed by atoms with Crippen molar-refractivity contribution in [1.29, 1.82) is 0 Å². The van der Waals surface area contributed by atoms with Crippen molar-refractivity contribution in [2.75, 3.05) is 5.32 Å². The fourth-order valence-electron chi connectivity index (χ4n) is 2.35. The summed E-state index contributed by atoms with van der Waals surface area (Å²) in [7, 11) is 0. The molecule has 0 saturated heterocycles. The van der Waals surface area contributed by atoms with Crippen molar-refractivity contribution in [3.05, 3.63) is 40.0 Å². The first-order chi connectivity index (χ1) is 9.20. The lowest BCUT2D eigenvalue weighted by Gasteiger charge is -2.31. The SMILES string of the molecule is Cc1ccc(CNc2cc(C3CC(N)C3)ncn2)s1.Cl.Cl. The number of hydrogen-bond acceptors (Lipinski definition) is 5. The van der Waals surface area contributed by atoms with Crippen molar-refractivity contribution in [1.82, 2.24) is 9.97 Å². The van der Waals surface area contributed by atoms with Gasteiger partial charge in [-0.15, -0.1) is 36.2 Å². The maximum absolute atomic E-state index is 5.82. The summed E-state index contributed by atoms with van der Waals surface area (Å²) < 4.78 is 0. The summed E-state index contributed by atoms with van der Waals surface area (Å²) in [5.41, 5.74) is 6.94. The lowest BCUT2D eigenvalue weighted by atomic mass is 9.79. The second-order valence-corrected chi connectivity index (χ2v) is 6.49. The maximum atomic E-state index is 5.82. The van der Waals surface area contributed by atoms with Crippen LogP contribution in [-0.4, -0.2) is 16.0 Å². The third-order valence-corrected chi connectivity index (χ3v) is 4.52. The maximum Gasteiger partial charge on any atom is 0.129 e. The monoisotopic (exact) mass is 346 g/mol. The molecule has 2 aromatic heterocycles. The van der Waals surface area contributed by atoms with E-state index in [1.54, 1.807) is 6.33 Å². The number of nitrogens with two attached hydrogens (primary N) is 1. The minimum absolute atomic E-state index is 0.